The summed E-state index contributed by atoms with van der Waals surface area (Å²) in [6.07, 6.45) is 4.64. The Hall–Kier alpha value is -1.55. The zero-order valence-electron chi connectivity index (χ0n) is 8.64. The number of hydrogen-bond acceptors (Lipinski definition) is 3. The highest BCUT2D eigenvalue weighted by Gasteiger charge is 2.01. The molecule has 2 N–H and O–H groups in total. The average molecular weight is 209 g/mol. The van der Waals surface area contributed by atoms with Gasteiger partial charge in [-0.05, 0) is 24.6 Å². The van der Waals surface area contributed by atoms with E-state index in [0.29, 0.717) is 12.2 Å². The standard InChI is InChI=1S/C11H15NO3/c1-2-9(13)8-12-11(14)6-5-10-4-3-7-15-10/h3-7,9,13H,2,8H2,1H3,(H,12,14)/b6-5+. The molecule has 0 saturated carbocycles. The molecule has 1 aromatic rings. The molecule has 0 aliphatic heterocycles. The molecule has 1 amide bonds. The molecule has 1 aromatic heterocycles. The maximum atomic E-state index is 11.2. The van der Waals surface area contributed by atoms with Gasteiger partial charge in [-0.15, -0.1) is 0 Å². The Bertz CT molecular complexity index is 317. The van der Waals surface area contributed by atoms with Crippen LogP contribution in [0.1, 0.15) is 19.1 Å². The summed E-state index contributed by atoms with van der Waals surface area (Å²) in [7, 11) is 0. The van der Waals surface area contributed by atoms with E-state index in [4.69, 9.17) is 4.42 Å². The van der Waals surface area contributed by atoms with Crippen LogP contribution >= 0.6 is 0 Å². The minimum absolute atomic E-state index is 0.237. The number of nitrogens with one attached hydrogen (secondary N) is 1. The average Bonchev–Trinajstić information content (AvgIpc) is 2.75. The molecule has 4 heteroatoms. The lowest BCUT2D eigenvalue weighted by Gasteiger charge is -2.06. The fourth-order valence-corrected chi connectivity index (χ4v) is 0.966. The number of carbonyl (C=O) groups excluding carboxylic acids is 1. The van der Waals surface area contributed by atoms with Crippen molar-refractivity contribution in [1.82, 2.24) is 5.32 Å². The maximum Gasteiger partial charge on any atom is 0.244 e. The van der Waals surface area contributed by atoms with Crippen LogP contribution in [-0.4, -0.2) is 23.7 Å². The summed E-state index contributed by atoms with van der Waals surface area (Å²) in [4.78, 5) is 11.2. The van der Waals surface area contributed by atoms with Crippen molar-refractivity contribution in [2.24, 2.45) is 0 Å². The lowest BCUT2D eigenvalue weighted by molar-refractivity contribution is -0.116. The van der Waals surface area contributed by atoms with E-state index in [1.165, 1.54) is 6.08 Å². The quantitative estimate of drug-likeness (QED) is 0.716. The number of hydrogen-bond donors (Lipinski definition) is 2. The highest BCUT2D eigenvalue weighted by atomic mass is 16.3. The molecule has 0 spiro atoms. The number of amides is 1. The van der Waals surface area contributed by atoms with E-state index in [1.54, 1.807) is 24.5 Å². The first-order chi connectivity index (χ1) is 7.22. The van der Waals surface area contributed by atoms with Crippen molar-refractivity contribution in [2.75, 3.05) is 6.54 Å². The van der Waals surface area contributed by atoms with Gasteiger partial charge in [0.15, 0.2) is 0 Å². The van der Waals surface area contributed by atoms with E-state index in [-0.39, 0.29) is 12.5 Å². The first kappa shape index (κ1) is 11.5. The lowest BCUT2D eigenvalue weighted by atomic mass is 10.3. The third-order valence-electron chi connectivity index (χ3n) is 1.93. The molecule has 0 aliphatic rings. The van der Waals surface area contributed by atoms with E-state index in [2.05, 4.69) is 5.32 Å². The summed E-state index contributed by atoms with van der Waals surface area (Å²) in [6.45, 7) is 2.13. The van der Waals surface area contributed by atoms with Crippen LogP contribution in [0.4, 0.5) is 0 Å². The lowest BCUT2D eigenvalue weighted by Crippen LogP contribution is -2.30. The summed E-state index contributed by atoms with van der Waals surface area (Å²) in [5, 5.41) is 11.8. The van der Waals surface area contributed by atoms with E-state index < -0.39 is 6.10 Å². The minimum Gasteiger partial charge on any atom is -0.465 e. The van der Waals surface area contributed by atoms with Gasteiger partial charge in [0.05, 0.1) is 12.4 Å². The van der Waals surface area contributed by atoms with Crippen LogP contribution in [0.3, 0.4) is 0 Å². The second-order valence-corrected chi connectivity index (χ2v) is 3.16. The smallest absolute Gasteiger partial charge is 0.244 e. The van der Waals surface area contributed by atoms with Gasteiger partial charge < -0.3 is 14.8 Å². The highest BCUT2D eigenvalue weighted by Crippen LogP contribution is 2.01. The Labute approximate surface area is 88.6 Å². The van der Waals surface area contributed by atoms with Gasteiger partial charge in [-0.3, -0.25) is 4.79 Å². The number of carbonyl (C=O) groups is 1. The first-order valence-corrected chi connectivity index (χ1v) is 4.90. The Morgan fingerprint density at radius 2 is 2.53 bits per heavy atom. The molecule has 1 rings (SSSR count). The van der Waals surface area contributed by atoms with Crippen molar-refractivity contribution in [3.8, 4) is 0 Å². The molecule has 0 saturated heterocycles. The van der Waals surface area contributed by atoms with Gasteiger partial charge in [-0.1, -0.05) is 6.92 Å². The fraction of sp³-hybridized carbons (Fsp3) is 0.364. The molecule has 0 bridgehead atoms. The van der Waals surface area contributed by atoms with E-state index in [1.807, 2.05) is 6.92 Å². The van der Waals surface area contributed by atoms with Crippen LogP contribution in [0.25, 0.3) is 6.08 Å². The third kappa shape index (κ3) is 4.46. The predicted octanol–water partition coefficient (Wildman–Crippen LogP) is 1.18. The van der Waals surface area contributed by atoms with Crippen molar-refractivity contribution in [1.29, 1.82) is 0 Å². The summed E-state index contributed by atoms with van der Waals surface area (Å²) in [5.74, 6) is 0.389. The fourth-order valence-electron chi connectivity index (χ4n) is 0.966. The van der Waals surface area contributed by atoms with Crippen LogP contribution in [0, 0.1) is 0 Å². The second-order valence-electron chi connectivity index (χ2n) is 3.16. The Balaban J connectivity index is 2.30. The van der Waals surface area contributed by atoms with Gasteiger partial charge in [-0.2, -0.15) is 0 Å². The van der Waals surface area contributed by atoms with E-state index in [9.17, 15) is 9.90 Å². The molecular formula is C11H15NO3. The van der Waals surface area contributed by atoms with Crippen molar-refractivity contribution in [3.05, 3.63) is 30.2 Å². The minimum atomic E-state index is -0.481. The number of rotatable bonds is 5. The van der Waals surface area contributed by atoms with E-state index >= 15 is 0 Å². The maximum absolute atomic E-state index is 11.2. The molecular weight excluding hydrogens is 194 g/mol. The molecule has 15 heavy (non-hydrogen) atoms. The first-order valence-electron chi connectivity index (χ1n) is 4.90. The molecule has 1 atom stereocenters. The van der Waals surface area contributed by atoms with Gasteiger partial charge in [0.1, 0.15) is 5.76 Å². The van der Waals surface area contributed by atoms with Gasteiger partial charge in [0.25, 0.3) is 0 Å². The summed E-state index contributed by atoms with van der Waals surface area (Å²) in [5.41, 5.74) is 0. The van der Waals surface area contributed by atoms with Crippen molar-refractivity contribution in [2.45, 2.75) is 19.4 Å². The molecule has 82 valence electrons. The molecule has 1 unspecified atom stereocenters. The van der Waals surface area contributed by atoms with Gasteiger partial charge in [-0.25, -0.2) is 0 Å². The monoisotopic (exact) mass is 209 g/mol. The molecule has 0 aromatic carbocycles. The number of furan rings is 1. The highest BCUT2D eigenvalue weighted by molar-refractivity contribution is 5.91. The van der Waals surface area contributed by atoms with Crippen LogP contribution in [0.2, 0.25) is 0 Å². The predicted molar refractivity (Wildman–Crippen MR) is 57.0 cm³/mol. The Morgan fingerprint density at radius 3 is 3.13 bits per heavy atom. The number of aliphatic hydroxyl groups is 1. The van der Waals surface area contributed by atoms with Crippen molar-refractivity contribution >= 4 is 12.0 Å². The van der Waals surface area contributed by atoms with Gasteiger partial charge in [0, 0.05) is 12.6 Å². The molecule has 0 radical (unpaired) electrons. The topological polar surface area (TPSA) is 62.5 Å². The zero-order valence-corrected chi connectivity index (χ0v) is 8.64. The van der Waals surface area contributed by atoms with Crippen molar-refractivity contribution in [3.63, 3.8) is 0 Å². The van der Waals surface area contributed by atoms with Crippen LogP contribution in [0.5, 0.6) is 0 Å². The van der Waals surface area contributed by atoms with Gasteiger partial charge >= 0.3 is 0 Å². The van der Waals surface area contributed by atoms with Crippen LogP contribution in [0.15, 0.2) is 28.9 Å². The van der Waals surface area contributed by atoms with Gasteiger partial charge in [0.2, 0.25) is 5.91 Å². The largest absolute Gasteiger partial charge is 0.465 e. The van der Waals surface area contributed by atoms with Crippen LogP contribution in [-0.2, 0) is 4.79 Å². The molecule has 1 heterocycles. The Kier molecular flexibility index (Phi) is 4.63. The third-order valence-corrected chi connectivity index (χ3v) is 1.93. The molecule has 4 nitrogen and oxygen atoms in total. The summed E-state index contributed by atoms with van der Waals surface area (Å²) in [6, 6.07) is 3.50. The zero-order chi connectivity index (χ0) is 11.1. The molecule has 0 fully saturated rings. The summed E-state index contributed by atoms with van der Waals surface area (Å²) < 4.78 is 5.01. The van der Waals surface area contributed by atoms with E-state index in [0.717, 1.165) is 0 Å². The second kappa shape index (κ2) is 6.03. The number of aliphatic hydroxyl groups excluding tert-OH is 1. The SMILES string of the molecule is CCC(O)CNC(=O)/C=C/c1ccco1. The Morgan fingerprint density at radius 1 is 1.73 bits per heavy atom. The summed E-state index contributed by atoms with van der Waals surface area (Å²) >= 11 is 0. The van der Waals surface area contributed by atoms with Crippen LogP contribution < -0.4 is 5.32 Å². The normalized spacial score (nSPS) is 12.9. The van der Waals surface area contributed by atoms with Crippen molar-refractivity contribution < 1.29 is 14.3 Å². The molecule has 0 aliphatic carbocycles.